The minimum Gasteiger partial charge on any atom is -0.360 e. The van der Waals surface area contributed by atoms with Gasteiger partial charge in [-0.05, 0) is 23.0 Å². The molecule has 1 saturated heterocycles. The maximum absolute atomic E-state index is 13.0. The van der Waals surface area contributed by atoms with Crippen LogP contribution in [0.3, 0.4) is 0 Å². The van der Waals surface area contributed by atoms with Crippen molar-refractivity contribution < 1.29 is 17.9 Å². The molecule has 1 fully saturated rings. The van der Waals surface area contributed by atoms with Crippen LogP contribution in [-0.2, 0) is 15.5 Å². The second-order valence-electron chi connectivity index (χ2n) is 5.63. The van der Waals surface area contributed by atoms with Gasteiger partial charge in [0, 0.05) is 5.33 Å². The van der Waals surface area contributed by atoms with Crippen LogP contribution in [0.25, 0.3) is 0 Å². The number of rotatable bonds is 4. The van der Waals surface area contributed by atoms with Crippen LogP contribution in [0.2, 0.25) is 0 Å². The summed E-state index contributed by atoms with van der Waals surface area (Å²) in [6, 6.07) is 7.57. The lowest BCUT2D eigenvalue weighted by Gasteiger charge is -2.31. The van der Waals surface area contributed by atoms with Crippen LogP contribution in [0.15, 0.2) is 24.3 Å². The summed E-state index contributed by atoms with van der Waals surface area (Å²) in [5.74, 6) is 0. The lowest BCUT2D eigenvalue weighted by molar-refractivity contribution is -0.188. The van der Waals surface area contributed by atoms with Crippen LogP contribution in [0.1, 0.15) is 31.4 Å². The molecular formula is C14H16BrF3O. The van der Waals surface area contributed by atoms with E-state index in [-0.39, 0.29) is 13.0 Å². The van der Waals surface area contributed by atoms with E-state index in [1.807, 2.05) is 38.1 Å². The molecule has 2 rings (SSSR count). The van der Waals surface area contributed by atoms with Gasteiger partial charge in [-0.1, -0.05) is 54.0 Å². The summed E-state index contributed by atoms with van der Waals surface area (Å²) in [6.45, 7) is 3.45. The van der Waals surface area contributed by atoms with Gasteiger partial charge < -0.3 is 4.74 Å². The minimum absolute atomic E-state index is 0.0481. The van der Waals surface area contributed by atoms with Crippen molar-refractivity contribution in [1.29, 1.82) is 0 Å². The van der Waals surface area contributed by atoms with E-state index in [1.54, 1.807) is 0 Å². The fraction of sp³-hybridized carbons (Fsp3) is 0.571. The van der Waals surface area contributed by atoms with Gasteiger partial charge in [0.15, 0.2) is 5.60 Å². The van der Waals surface area contributed by atoms with Gasteiger partial charge >= 0.3 is 6.18 Å². The second kappa shape index (κ2) is 4.77. The smallest absolute Gasteiger partial charge is 0.360 e. The Bertz CT molecular complexity index is 464. The van der Waals surface area contributed by atoms with E-state index in [2.05, 4.69) is 15.9 Å². The van der Waals surface area contributed by atoms with Crippen LogP contribution in [0.5, 0.6) is 0 Å². The molecule has 0 N–H and O–H groups in total. The molecule has 0 saturated carbocycles. The number of alkyl halides is 4. The molecular weight excluding hydrogens is 321 g/mol. The van der Waals surface area contributed by atoms with Crippen molar-refractivity contribution in [3.63, 3.8) is 0 Å². The summed E-state index contributed by atoms with van der Waals surface area (Å²) in [7, 11) is 0. The summed E-state index contributed by atoms with van der Waals surface area (Å²) in [4.78, 5) is 0. The fourth-order valence-electron chi connectivity index (χ4n) is 2.56. The maximum atomic E-state index is 13.0. The van der Waals surface area contributed by atoms with Gasteiger partial charge in [0.2, 0.25) is 0 Å². The van der Waals surface area contributed by atoms with Crippen molar-refractivity contribution in [3.8, 4) is 0 Å². The molecule has 0 unspecified atom stereocenters. The number of benzene rings is 1. The Kier molecular flexibility index (Phi) is 3.73. The highest BCUT2D eigenvalue weighted by Gasteiger charge is 2.67. The third-order valence-corrected chi connectivity index (χ3v) is 4.23. The summed E-state index contributed by atoms with van der Waals surface area (Å²) in [5, 5.41) is 0.631. The van der Waals surface area contributed by atoms with Gasteiger partial charge in [0.1, 0.15) is 0 Å². The predicted octanol–water partition coefficient (Wildman–Crippen LogP) is 4.58. The van der Waals surface area contributed by atoms with Gasteiger partial charge in [-0.3, -0.25) is 0 Å². The van der Waals surface area contributed by atoms with Crippen LogP contribution in [0.4, 0.5) is 13.2 Å². The van der Waals surface area contributed by atoms with Gasteiger partial charge in [0.25, 0.3) is 0 Å². The molecule has 0 bridgehead atoms. The SMILES string of the molecule is CC(C)(C[C@]1(C(F)(F)F)CO1)c1ccccc1CBr. The highest BCUT2D eigenvalue weighted by Crippen LogP contribution is 2.51. The first-order valence-electron chi connectivity index (χ1n) is 6.07. The Morgan fingerprint density at radius 3 is 2.32 bits per heavy atom. The Hall–Kier alpha value is -0.550. The molecule has 0 radical (unpaired) electrons. The van der Waals surface area contributed by atoms with E-state index < -0.39 is 17.2 Å². The normalized spacial score (nSPS) is 23.5. The number of hydrogen-bond acceptors (Lipinski definition) is 1. The topological polar surface area (TPSA) is 12.5 Å². The summed E-state index contributed by atoms with van der Waals surface area (Å²) in [5.41, 5.74) is -0.580. The van der Waals surface area contributed by atoms with Gasteiger partial charge in [0.05, 0.1) is 6.61 Å². The predicted molar refractivity (Wildman–Crippen MR) is 71.5 cm³/mol. The van der Waals surface area contributed by atoms with Crippen LogP contribution in [0, 0.1) is 0 Å². The Morgan fingerprint density at radius 2 is 1.84 bits per heavy atom. The first-order valence-corrected chi connectivity index (χ1v) is 7.19. The van der Waals surface area contributed by atoms with E-state index >= 15 is 0 Å². The zero-order chi connectivity index (χ0) is 14.3. The molecule has 1 aliphatic heterocycles. The standard InChI is InChI=1S/C14H16BrF3O/c1-12(2,8-13(9-19-13)14(16,17)18)11-6-4-3-5-10(11)7-15/h3-6H,7-9H2,1-2H3/t13-/m1/s1. The molecule has 1 nitrogen and oxygen atoms in total. The Balaban J connectivity index is 2.28. The van der Waals surface area contributed by atoms with E-state index in [9.17, 15) is 13.2 Å². The molecule has 5 heteroatoms. The number of halogens is 4. The molecule has 0 amide bonds. The van der Waals surface area contributed by atoms with Crippen LogP contribution >= 0.6 is 15.9 Å². The average Bonchev–Trinajstić information content (AvgIpc) is 3.08. The number of hydrogen-bond donors (Lipinski definition) is 0. The van der Waals surface area contributed by atoms with Crippen molar-refractivity contribution in [2.45, 2.75) is 42.8 Å². The lowest BCUT2D eigenvalue weighted by atomic mass is 9.75. The van der Waals surface area contributed by atoms with Crippen molar-refractivity contribution in [3.05, 3.63) is 35.4 Å². The zero-order valence-electron chi connectivity index (χ0n) is 10.9. The van der Waals surface area contributed by atoms with E-state index in [0.717, 1.165) is 11.1 Å². The van der Waals surface area contributed by atoms with Gasteiger partial charge in [-0.15, -0.1) is 0 Å². The molecule has 1 heterocycles. The quantitative estimate of drug-likeness (QED) is 0.579. The van der Waals surface area contributed by atoms with E-state index in [0.29, 0.717) is 5.33 Å². The summed E-state index contributed by atoms with van der Waals surface area (Å²) < 4.78 is 43.7. The molecule has 19 heavy (non-hydrogen) atoms. The van der Waals surface area contributed by atoms with Crippen molar-refractivity contribution in [2.75, 3.05) is 6.61 Å². The molecule has 1 atom stereocenters. The summed E-state index contributed by atoms with van der Waals surface area (Å²) in [6.07, 6.45) is -4.35. The van der Waals surface area contributed by atoms with Gasteiger partial charge in [-0.2, -0.15) is 13.2 Å². The third kappa shape index (κ3) is 2.82. The van der Waals surface area contributed by atoms with Crippen LogP contribution < -0.4 is 0 Å². The molecule has 0 spiro atoms. The Labute approximate surface area is 119 Å². The minimum atomic E-state index is -4.30. The molecule has 106 valence electrons. The monoisotopic (exact) mass is 336 g/mol. The summed E-state index contributed by atoms with van der Waals surface area (Å²) >= 11 is 3.38. The lowest BCUT2D eigenvalue weighted by Crippen LogP contribution is -2.39. The molecule has 0 aromatic heterocycles. The fourth-order valence-corrected chi connectivity index (χ4v) is 3.05. The largest absolute Gasteiger partial charge is 0.419 e. The van der Waals surface area contributed by atoms with E-state index in [1.165, 1.54) is 0 Å². The van der Waals surface area contributed by atoms with Crippen molar-refractivity contribution in [1.82, 2.24) is 0 Å². The first-order chi connectivity index (χ1) is 8.72. The van der Waals surface area contributed by atoms with E-state index in [4.69, 9.17) is 4.74 Å². The number of epoxide rings is 1. The zero-order valence-corrected chi connectivity index (χ0v) is 12.4. The van der Waals surface area contributed by atoms with Gasteiger partial charge in [-0.25, -0.2) is 0 Å². The first kappa shape index (κ1) is 14.9. The number of ether oxygens (including phenoxy) is 1. The van der Waals surface area contributed by atoms with Crippen molar-refractivity contribution in [2.24, 2.45) is 0 Å². The molecule has 1 aromatic carbocycles. The second-order valence-corrected chi connectivity index (χ2v) is 6.19. The Morgan fingerprint density at radius 1 is 1.26 bits per heavy atom. The van der Waals surface area contributed by atoms with Crippen LogP contribution in [-0.4, -0.2) is 18.4 Å². The maximum Gasteiger partial charge on any atom is 0.419 e. The molecule has 1 aromatic rings. The third-order valence-electron chi connectivity index (χ3n) is 3.63. The molecule has 0 aliphatic carbocycles. The average molecular weight is 337 g/mol. The highest BCUT2D eigenvalue weighted by molar-refractivity contribution is 9.08. The molecule has 1 aliphatic rings. The highest BCUT2D eigenvalue weighted by atomic mass is 79.9. The van der Waals surface area contributed by atoms with Crippen molar-refractivity contribution >= 4 is 15.9 Å².